The summed E-state index contributed by atoms with van der Waals surface area (Å²) in [4.78, 5) is 13.8. The molecule has 1 N–H and O–H groups in total. The van der Waals surface area contributed by atoms with E-state index in [4.69, 9.17) is 14.2 Å². The van der Waals surface area contributed by atoms with Crippen LogP contribution in [0.1, 0.15) is 46.5 Å². The SMILES string of the molecule is CC(C)(C)OC(=O)N1CCC(OCCCNC2CCOC2)CC1. The van der Waals surface area contributed by atoms with Crippen LogP contribution >= 0.6 is 0 Å². The van der Waals surface area contributed by atoms with Gasteiger partial charge in [0.05, 0.1) is 12.7 Å². The van der Waals surface area contributed by atoms with Gasteiger partial charge in [-0.3, -0.25) is 0 Å². The Morgan fingerprint density at radius 1 is 1.26 bits per heavy atom. The summed E-state index contributed by atoms with van der Waals surface area (Å²) in [5, 5.41) is 3.49. The molecule has 1 unspecified atom stereocenters. The number of ether oxygens (including phenoxy) is 3. The molecular formula is C17H32N2O4. The molecule has 0 aromatic rings. The summed E-state index contributed by atoms with van der Waals surface area (Å²) in [6.45, 7) is 10.6. The molecule has 1 amide bonds. The molecule has 0 aromatic carbocycles. The highest BCUT2D eigenvalue weighted by molar-refractivity contribution is 5.68. The van der Waals surface area contributed by atoms with Crippen LogP contribution < -0.4 is 5.32 Å². The summed E-state index contributed by atoms with van der Waals surface area (Å²) in [6.07, 6.45) is 3.97. The van der Waals surface area contributed by atoms with Gasteiger partial charge in [0.15, 0.2) is 0 Å². The van der Waals surface area contributed by atoms with Crippen LogP contribution in [0.2, 0.25) is 0 Å². The number of carbonyl (C=O) groups is 1. The fourth-order valence-electron chi connectivity index (χ4n) is 2.86. The molecule has 6 nitrogen and oxygen atoms in total. The van der Waals surface area contributed by atoms with Crippen LogP contribution in [0.25, 0.3) is 0 Å². The summed E-state index contributed by atoms with van der Waals surface area (Å²) < 4.78 is 16.7. The zero-order valence-electron chi connectivity index (χ0n) is 14.8. The number of likely N-dealkylation sites (tertiary alicyclic amines) is 1. The first-order chi connectivity index (χ1) is 10.9. The van der Waals surface area contributed by atoms with E-state index < -0.39 is 5.60 Å². The minimum atomic E-state index is -0.429. The Hall–Kier alpha value is -0.850. The average molecular weight is 328 g/mol. The number of amides is 1. The van der Waals surface area contributed by atoms with Crippen molar-refractivity contribution < 1.29 is 19.0 Å². The van der Waals surface area contributed by atoms with Crippen molar-refractivity contribution in [3.05, 3.63) is 0 Å². The van der Waals surface area contributed by atoms with Crippen LogP contribution in [0.4, 0.5) is 4.79 Å². The molecule has 134 valence electrons. The quantitative estimate of drug-likeness (QED) is 0.757. The third-order valence-corrected chi connectivity index (χ3v) is 4.13. The normalized spacial score (nSPS) is 23.3. The van der Waals surface area contributed by atoms with Gasteiger partial charge in [0, 0.05) is 32.3 Å². The second-order valence-corrected chi connectivity index (χ2v) is 7.41. The molecule has 0 saturated carbocycles. The van der Waals surface area contributed by atoms with Crippen molar-refractivity contribution >= 4 is 6.09 Å². The largest absolute Gasteiger partial charge is 0.444 e. The lowest BCUT2D eigenvalue weighted by Gasteiger charge is -2.33. The third kappa shape index (κ3) is 7.06. The predicted octanol–water partition coefficient (Wildman–Crippen LogP) is 2.17. The van der Waals surface area contributed by atoms with Gasteiger partial charge in [-0.05, 0) is 53.0 Å². The molecule has 0 bridgehead atoms. The third-order valence-electron chi connectivity index (χ3n) is 4.13. The highest BCUT2D eigenvalue weighted by Gasteiger charge is 2.27. The molecule has 6 heteroatoms. The summed E-state index contributed by atoms with van der Waals surface area (Å²) in [7, 11) is 0. The Bertz CT molecular complexity index is 356. The lowest BCUT2D eigenvalue weighted by molar-refractivity contribution is -0.0117. The first kappa shape index (κ1) is 18.5. The minimum absolute atomic E-state index is 0.209. The van der Waals surface area contributed by atoms with Gasteiger partial charge in [-0.2, -0.15) is 0 Å². The van der Waals surface area contributed by atoms with Crippen LogP contribution in [0.3, 0.4) is 0 Å². The van der Waals surface area contributed by atoms with Gasteiger partial charge in [0.2, 0.25) is 0 Å². The maximum Gasteiger partial charge on any atom is 0.410 e. The van der Waals surface area contributed by atoms with E-state index >= 15 is 0 Å². The zero-order chi connectivity index (χ0) is 16.7. The lowest BCUT2D eigenvalue weighted by atomic mass is 10.1. The molecule has 0 spiro atoms. The van der Waals surface area contributed by atoms with Gasteiger partial charge in [0.1, 0.15) is 5.60 Å². The van der Waals surface area contributed by atoms with E-state index in [1.165, 1.54) is 0 Å². The molecule has 2 aliphatic rings. The van der Waals surface area contributed by atoms with Crippen molar-refractivity contribution in [1.29, 1.82) is 0 Å². The second kappa shape index (κ2) is 8.85. The summed E-state index contributed by atoms with van der Waals surface area (Å²) in [5.74, 6) is 0. The minimum Gasteiger partial charge on any atom is -0.444 e. The highest BCUT2D eigenvalue weighted by atomic mass is 16.6. The molecule has 0 aliphatic carbocycles. The van der Waals surface area contributed by atoms with Crippen LogP contribution in [-0.4, -0.2) is 68.2 Å². The molecule has 1 atom stereocenters. The molecule has 2 aliphatic heterocycles. The molecule has 2 heterocycles. The number of rotatable bonds is 6. The van der Waals surface area contributed by atoms with Gasteiger partial charge in [-0.25, -0.2) is 4.79 Å². The Balaban J connectivity index is 1.51. The van der Waals surface area contributed by atoms with Gasteiger partial charge in [0.25, 0.3) is 0 Å². The number of hydrogen-bond donors (Lipinski definition) is 1. The topological polar surface area (TPSA) is 60.0 Å². The van der Waals surface area contributed by atoms with Crippen molar-refractivity contribution in [2.45, 2.75) is 64.2 Å². The van der Waals surface area contributed by atoms with E-state index in [0.717, 1.165) is 65.1 Å². The number of piperidine rings is 1. The van der Waals surface area contributed by atoms with E-state index in [1.807, 2.05) is 20.8 Å². The molecule has 0 aromatic heterocycles. The van der Waals surface area contributed by atoms with Crippen LogP contribution in [0, 0.1) is 0 Å². The first-order valence-electron chi connectivity index (χ1n) is 8.85. The Kier molecular flexibility index (Phi) is 7.11. The van der Waals surface area contributed by atoms with Gasteiger partial charge in [-0.1, -0.05) is 0 Å². The molecule has 0 radical (unpaired) electrons. The van der Waals surface area contributed by atoms with E-state index in [1.54, 1.807) is 4.90 Å². The van der Waals surface area contributed by atoms with Crippen LogP contribution in [-0.2, 0) is 14.2 Å². The Morgan fingerprint density at radius 3 is 2.61 bits per heavy atom. The zero-order valence-corrected chi connectivity index (χ0v) is 14.8. The summed E-state index contributed by atoms with van der Waals surface area (Å²) in [6, 6.07) is 0.520. The van der Waals surface area contributed by atoms with Crippen LogP contribution in [0.15, 0.2) is 0 Å². The summed E-state index contributed by atoms with van der Waals surface area (Å²) >= 11 is 0. The molecular weight excluding hydrogens is 296 g/mol. The fraction of sp³-hybridized carbons (Fsp3) is 0.941. The maximum absolute atomic E-state index is 12.0. The van der Waals surface area contributed by atoms with Crippen molar-refractivity contribution in [2.24, 2.45) is 0 Å². The van der Waals surface area contributed by atoms with Crippen molar-refractivity contribution in [1.82, 2.24) is 10.2 Å². The molecule has 2 fully saturated rings. The Labute approximate surface area is 139 Å². The van der Waals surface area contributed by atoms with E-state index in [-0.39, 0.29) is 12.2 Å². The second-order valence-electron chi connectivity index (χ2n) is 7.41. The average Bonchev–Trinajstić information content (AvgIpc) is 2.99. The lowest BCUT2D eigenvalue weighted by Crippen LogP contribution is -2.43. The monoisotopic (exact) mass is 328 g/mol. The van der Waals surface area contributed by atoms with Gasteiger partial charge >= 0.3 is 6.09 Å². The van der Waals surface area contributed by atoms with Crippen molar-refractivity contribution in [3.63, 3.8) is 0 Å². The maximum atomic E-state index is 12.0. The molecule has 23 heavy (non-hydrogen) atoms. The first-order valence-corrected chi connectivity index (χ1v) is 8.85. The molecule has 2 saturated heterocycles. The number of nitrogens with zero attached hydrogens (tertiary/aromatic N) is 1. The highest BCUT2D eigenvalue weighted by Crippen LogP contribution is 2.17. The van der Waals surface area contributed by atoms with Gasteiger partial charge < -0.3 is 24.4 Å². The number of nitrogens with one attached hydrogen (secondary N) is 1. The Morgan fingerprint density at radius 2 is 2.00 bits per heavy atom. The van der Waals surface area contributed by atoms with Crippen molar-refractivity contribution in [3.8, 4) is 0 Å². The standard InChI is InChI=1S/C17H32N2O4/c1-17(2,3)23-16(20)19-9-5-15(6-10-19)22-11-4-8-18-14-7-12-21-13-14/h14-15,18H,4-13H2,1-3H3. The summed E-state index contributed by atoms with van der Waals surface area (Å²) in [5.41, 5.74) is -0.429. The number of carbonyl (C=O) groups excluding carboxylic acids is 1. The fourth-order valence-corrected chi connectivity index (χ4v) is 2.86. The van der Waals surface area contributed by atoms with E-state index in [0.29, 0.717) is 6.04 Å². The van der Waals surface area contributed by atoms with Gasteiger partial charge in [-0.15, -0.1) is 0 Å². The molecule has 2 rings (SSSR count). The predicted molar refractivity (Wildman–Crippen MR) is 88.6 cm³/mol. The van der Waals surface area contributed by atoms with E-state index in [2.05, 4.69) is 5.32 Å². The van der Waals surface area contributed by atoms with Crippen molar-refractivity contribution in [2.75, 3.05) is 39.5 Å². The number of hydrogen-bond acceptors (Lipinski definition) is 5. The van der Waals surface area contributed by atoms with E-state index in [9.17, 15) is 4.79 Å². The van der Waals surface area contributed by atoms with Crippen LogP contribution in [0.5, 0.6) is 0 Å². The smallest absolute Gasteiger partial charge is 0.410 e.